The highest BCUT2D eigenvalue weighted by Gasteiger charge is 2.62. The molecule has 7 heteroatoms. The number of rotatable bonds is 2. The maximum Gasteiger partial charge on any atom is 0.405 e. The van der Waals surface area contributed by atoms with Crippen molar-refractivity contribution in [3.05, 3.63) is 0 Å². The molecule has 0 aliphatic heterocycles. The molecule has 15 heavy (non-hydrogen) atoms. The molecule has 0 heterocycles. The molecule has 2 nitrogen and oxygen atoms in total. The number of halogens is 4. The molecule has 0 aromatic heterocycles. The van der Waals surface area contributed by atoms with Crippen molar-refractivity contribution in [1.29, 1.82) is 0 Å². The van der Waals surface area contributed by atoms with Crippen LogP contribution in [-0.4, -0.2) is 16.9 Å². The van der Waals surface area contributed by atoms with E-state index in [0.29, 0.717) is 13.8 Å². The van der Waals surface area contributed by atoms with Gasteiger partial charge in [0.25, 0.3) is 0 Å². The van der Waals surface area contributed by atoms with Crippen LogP contribution in [0.4, 0.5) is 17.4 Å². The molecule has 0 rings (SSSR count). The van der Waals surface area contributed by atoms with Crippen LogP contribution >= 0.6 is 7.68 Å². The zero-order chi connectivity index (χ0) is 12.7. The lowest BCUT2D eigenvalue weighted by atomic mass is 10.2. The van der Waals surface area contributed by atoms with E-state index in [9.17, 15) is 21.9 Å². The number of hydrogen-bond acceptors (Lipinski definition) is 2. The predicted octanol–water partition coefficient (Wildman–Crippen LogP) is 4.31. The monoisotopic (exact) mass is 250 g/mol. The first kappa shape index (κ1) is 14.9. The third-order valence-corrected chi connectivity index (χ3v) is 4.12. The van der Waals surface area contributed by atoms with Crippen LogP contribution in [-0.2, 0) is 9.09 Å². The number of alkyl halides is 3. The molecular formula is C8H15F4O2P. The highest BCUT2D eigenvalue weighted by molar-refractivity contribution is 7.55. The van der Waals surface area contributed by atoms with Gasteiger partial charge in [0.2, 0.25) is 0 Å². The van der Waals surface area contributed by atoms with Gasteiger partial charge >= 0.3 is 13.9 Å². The summed E-state index contributed by atoms with van der Waals surface area (Å²) in [5.41, 5.74) is -1.23. The molecule has 0 saturated carbocycles. The minimum absolute atomic E-state index is 0.527. The minimum Gasteiger partial charge on any atom is -0.299 e. The Balaban J connectivity index is 5.13. The first-order valence-corrected chi connectivity index (χ1v) is 5.79. The third kappa shape index (κ3) is 3.45. The topological polar surface area (TPSA) is 26.3 Å². The zero-order valence-electron chi connectivity index (χ0n) is 9.28. The van der Waals surface area contributed by atoms with Crippen molar-refractivity contribution in [2.45, 2.75) is 51.6 Å². The van der Waals surface area contributed by atoms with Crippen molar-refractivity contribution in [3.63, 3.8) is 0 Å². The molecule has 1 atom stereocenters. The molecule has 0 amide bonds. The summed E-state index contributed by atoms with van der Waals surface area (Å²) >= 11 is 0. The molecule has 0 saturated heterocycles. The lowest BCUT2D eigenvalue weighted by molar-refractivity contribution is -0.158. The van der Waals surface area contributed by atoms with Gasteiger partial charge in [-0.15, -0.1) is 0 Å². The quantitative estimate of drug-likeness (QED) is 0.539. The maximum absolute atomic E-state index is 13.5. The van der Waals surface area contributed by atoms with Crippen LogP contribution in [0.25, 0.3) is 0 Å². The average molecular weight is 250 g/mol. The second kappa shape index (κ2) is 3.74. The fourth-order valence-electron chi connectivity index (χ4n) is 0.618. The molecule has 1 unspecified atom stereocenters. The third-order valence-electron chi connectivity index (χ3n) is 1.75. The Bertz CT molecular complexity index is 277. The van der Waals surface area contributed by atoms with Gasteiger partial charge in [0.1, 0.15) is 0 Å². The summed E-state index contributed by atoms with van der Waals surface area (Å²) in [6.07, 6.45) is -4.91. The molecule has 0 aromatic carbocycles. The summed E-state index contributed by atoms with van der Waals surface area (Å²) in [4.78, 5) is 0. The second-order valence-corrected chi connectivity index (χ2v) is 7.00. The summed E-state index contributed by atoms with van der Waals surface area (Å²) < 4.78 is 66.4. The Hall–Kier alpha value is -0.0900. The van der Waals surface area contributed by atoms with E-state index in [1.807, 2.05) is 0 Å². The Morgan fingerprint density at radius 1 is 1.00 bits per heavy atom. The standard InChI is InChI=1S/C8H15F4O2P/c1-6(2,3)14-15(12,13)7(4,5)8(9,10)11/h1-5H3. The Morgan fingerprint density at radius 2 is 1.33 bits per heavy atom. The van der Waals surface area contributed by atoms with Gasteiger partial charge in [-0.05, 0) is 34.6 Å². The van der Waals surface area contributed by atoms with Gasteiger partial charge in [0.05, 0.1) is 5.60 Å². The van der Waals surface area contributed by atoms with Crippen molar-refractivity contribution in [1.82, 2.24) is 0 Å². The number of hydrogen-bond donors (Lipinski definition) is 0. The van der Waals surface area contributed by atoms with E-state index < -0.39 is 24.6 Å². The Labute approximate surface area is 86.6 Å². The van der Waals surface area contributed by atoms with Gasteiger partial charge in [-0.1, -0.05) is 0 Å². The molecule has 0 aliphatic rings. The van der Waals surface area contributed by atoms with E-state index in [2.05, 4.69) is 4.52 Å². The highest BCUT2D eigenvalue weighted by atomic mass is 31.2. The average Bonchev–Trinajstić information content (AvgIpc) is 1.77. The van der Waals surface area contributed by atoms with E-state index in [1.165, 1.54) is 20.8 Å². The molecule has 0 bridgehead atoms. The molecule has 0 N–H and O–H groups in total. The van der Waals surface area contributed by atoms with Crippen molar-refractivity contribution in [3.8, 4) is 0 Å². The molecule has 0 fully saturated rings. The van der Waals surface area contributed by atoms with Crippen LogP contribution in [0.15, 0.2) is 0 Å². The van der Waals surface area contributed by atoms with Crippen LogP contribution in [0, 0.1) is 0 Å². The van der Waals surface area contributed by atoms with Gasteiger partial charge in [-0.25, -0.2) is 0 Å². The summed E-state index contributed by atoms with van der Waals surface area (Å²) in [6, 6.07) is 0. The molecular weight excluding hydrogens is 235 g/mol. The van der Waals surface area contributed by atoms with Crippen molar-refractivity contribution in [2.24, 2.45) is 0 Å². The Morgan fingerprint density at radius 3 is 1.53 bits per heavy atom. The largest absolute Gasteiger partial charge is 0.405 e. The smallest absolute Gasteiger partial charge is 0.299 e. The zero-order valence-corrected chi connectivity index (χ0v) is 10.2. The fraction of sp³-hybridized carbons (Fsp3) is 1.00. The molecule has 0 aromatic rings. The summed E-state index contributed by atoms with van der Waals surface area (Å²) in [6.45, 7) is 5.07. The first-order chi connectivity index (χ1) is 6.21. The van der Waals surface area contributed by atoms with Crippen LogP contribution in [0.3, 0.4) is 0 Å². The summed E-state index contributed by atoms with van der Waals surface area (Å²) in [5, 5.41) is -2.99. The van der Waals surface area contributed by atoms with Crippen molar-refractivity contribution >= 4 is 7.68 Å². The minimum atomic E-state index is -5.26. The van der Waals surface area contributed by atoms with Gasteiger partial charge in [-0.3, -0.25) is 9.09 Å². The van der Waals surface area contributed by atoms with E-state index in [0.717, 1.165) is 0 Å². The molecule has 0 aliphatic carbocycles. The molecule has 92 valence electrons. The van der Waals surface area contributed by atoms with Crippen LogP contribution in [0.1, 0.15) is 34.6 Å². The summed E-state index contributed by atoms with van der Waals surface area (Å²) in [7, 11) is -5.26. The van der Waals surface area contributed by atoms with E-state index in [1.54, 1.807) is 0 Å². The van der Waals surface area contributed by atoms with Crippen molar-refractivity contribution in [2.75, 3.05) is 0 Å². The van der Waals surface area contributed by atoms with E-state index in [4.69, 9.17) is 0 Å². The van der Waals surface area contributed by atoms with Gasteiger partial charge in [0.15, 0.2) is 5.16 Å². The lowest BCUT2D eigenvalue weighted by Crippen LogP contribution is -2.40. The predicted molar refractivity (Wildman–Crippen MR) is 49.7 cm³/mol. The van der Waals surface area contributed by atoms with Crippen LogP contribution in [0.5, 0.6) is 0 Å². The maximum atomic E-state index is 13.5. The Kier molecular flexibility index (Phi) is 3.71. The van der Waals surface area contributed by atoms with E-state index in [-0.39, 0.29) is 0 Å². The van der Waals surface area contributed by atoms with Gasteiger partial charge < -0.3 is 0 Å². The van der Waals surface area contributed by atoms with Crippen LogP contribution < -0.4 is 0 Å². The second-order valence-electron chi connectivity index (χ2n) is 4.74. The van der Waals surface area contributed by atoms with Crippen molar-refractivity contribution < 1.29 is 26.5 Å². The SMILES string of the molecule is CC(C)(C)OP(=O)(F)C(C)(C)C(F)(F)F. The lowest BCUT2D eigenvalue weighted by Gasteiger charge is -2.33. The van der Waals surface area contributed by atoms with Gasteiger partial charge in [0, 0.05) is 0 Å². The normalized spacial score (nSPS) is 18.7. The first-order valence-electron chi connectivity index (χ1n) is 4.28. The van der Waals surface area contributed by atoms with Gasteiger partial charge in [-0.2, -0.15) is 17.4 Å². The molecule has 0 radical (unpaired) electrons. The summed E-state index contributed by atoms with van der Waals surface area (Å²) in [5.74, 6) is 0. The fourth-order valence-corrected chi connectivity index (χ4v) is 1.85. The molecule has 0 spiro atoms. The van der Waals surface area contributed by atoms with Crippen LogP contribution in [0.2, 0.25) is 0 Å². The van der Waals surface area contributed by atoms with E-state index >= 15 is 0 Å². The highest BCUT2D eigenvalue weighted by Crippen LogP contribution is 2.67.